The van der Waals surface area contributed by atoms with Gasteiger partial charge in [-0.15, -0.1) is 0 Å². The fraction of sp³-hybridized carbons (Fsp3) is 0.417. The number of carbonyl (C=O) groups is 1. The molecule has 19 heavy (non-hydrogen) atoms. The molecule has 3 N–H and O–H groups in total. The number of benzene rings is 1. The van der Waals surface area contributed by atoms with Crippen LogP contribution in [0.25, 0.3) is 0 Å². The monoisotopic (exact) mass is 277 g/mol. The van der Waals surface area contributed by atoms with Gasteiger partial charge in [0.1, 0.15) is 12.4 Å². The minimum absolute atomic E-state index is 0.0181. The van der Waals surface area contributed by atoms with Gasteiger partial charge in [0, 0.05) is 12.1 Å². The molecule has 0 radical (unpaired) electrons. The topological polar surface area (TPSA) is 69.6 Å². The van der Waals surface area contributed by atoms with Crippen molar-refractivity contribution in [3.63, 3.8) is 0 Å². The standard InChI is InChI=1S/C12H14F3NO3/c1-16-5-10(18)11(19)9-4-8(12(13,14)15)3-2-7(9)6-17/h2-4,6,10-11,16,18-19H,5H2,1H3. The highest BCUT2D eigenvalue weighted by Crippen LogP contribution is 2.32. The van der Waals surface area contributed by atoms with Crippen LogP contribution in [-0.4, -0.2) is 36.2 Å². The summed E-state index contributed by atoms with van der Waals surface area (Å²) in [6, 6.07) is 2.40. The molecule has 0 aromatic heterocycles. The minimum Gasteiger partial charge on any atom is -0.389 e. The van der Waals surface area contributed by atoms with E-state index in [4.69, 9.17) is 0 Å². The summed E-state index contributed by atoms with van der Waals surface area (Å²) in [7, 11) is 1.52. The van der Waals surface area contributed by atoms with Gasteiger partial charge in [0.15, 0.2) is 0 Å². The maximum Gasteiger partial charge on any atom is 0.416 e. The lowest BCUT2D eigenvalue weighted by Crippen LogP contribution is -2.30. The van der Waals surface area contributed by atoms with Gasteiger partial charge in [0.2, 0.25) is 0 Å². The third-order valence-corrected chi connectivity index (χ3v) is 2.64. The van der Waals surface area contributed by atoms with E-state index in [1.807, 2.05) is 0 Å². The molecule has 0 saturated heterocycles. The van der Waals surface area contributed by atoms with Crippen molar-refractivity contribution in [2.24, 2.45) is 0 Å². The van der Waals surface area contributed by atoms with Gasteiger partial charge in [-0.3, -0.25) is 4.79 Å². The Kier molecular flexibility index (Phi) is 5.04. The van der Waals surface area contributed by atoms with Gasteiger partial charge >= 0.3 is 6.18 Å². The summed E-state index contributed by atoms with van der Waals surface area (Å²) >= 11 is 0. The van der Waals surface area contributed by atoms with Gasteiger partial charge in [0.05, 0.1) is 11.7 Å². The van der Waals surface area contributed by atoms with Crippen molar-refractivity contribution in [2.45, 2.75) is 18.4 Å². The van der Waals surface area contributed by atoms with Crippen molar-refractivity contribution >= 4 is 6.29 Å². The fourth-order valence-electron chi connectivity index (χ4n) is 1.64. The lowest BCUT2D eigenvalue weighted by atomic mass is 9.96. The molecule has 2 atom stereocenters. The third-order valence-electron chi connectivity index (χ3n) is 2.64. The second-order valence-corrected chi connectivity index (χ2v) is 4.03. The lowest BCUT2D eigenvalue weighted by molar-refractivity contribution is -0.137. The van der Waals surface area contributed by atoms with Gasteiger partial charge in [0.25, 0.3) is 0 Å². The molecule has 0 aliphatic heterocycles. The zero-order chi connectivity index (χ0) is 14.6. The van der Waals surface area contributed by atoms with Crippen LogP contribution < -0.4 is 5.32 Å². The molecule has 106 valence electrons. The zero-order valence-corrected chi connectivity index (χ0v) is 10.1. The summed E-state index contributed by atoms with van der Waals surface area (Å²) in [5.74, 6) is 0. The van der Waals surface area contributed by atoms with E-state index in [9.17, 15) is 28.2 Å². The van der Waals surface area contributed by atoms with E-state index < -0.39 is 23.9 Å². The number of rotatable bonds is 5. The number of hydrogen-bond acceptors (Lipinski definition) is 4. The number of nitrogens with one attached hydrogen (secondary N) is 1. The largest absolute Gasteiger partial charge is 0.416 e. The summed E-state index contributed by atoms with van der Waals surface area (Å²) < 4.78 is 37.7. The van der Waals surface area contributed by atoms with Crippen molar-refractivity contribution in [3.8, 4) is 0 Å². The Bertz CT molecular complexity index is 448. The summed E-state index contributed by atoms with van der Waals surface area (Å²) in [4.78, 5) is 10.8. The van der Waals surface area contributed by atoms with Crippen LogP contribution in [0.3, 0.4) is 0 Å². The number of aldehydes is 1. The maximum absolute atomic E-state index is 12.6. The van der Waals surface area contributed by atoms with E-state index in [0.29, 0.717) is 12.4 Å². The first-order chi connectivity index (χ1) is 8.81. The van der Waals surface area contributed by atoms with Crippen molar-refractivity contribution in [1.29, 1.82) is 0 Å². The predicted octanol–water partition coefficient (Wildman–Crippen LogP) is 1.13. The molecule has 7 heteroatoms. The molecule has 0 heterocycles. The summed E-state index contributed by atoms with van der Waals surface area (Å²) in [5, 5.41) is 22.0. The number of hydrogen-bond donors (Lipinski definition) is 3. The van der Waals surface area contributed by atoms with Crippen LogP contribution in [0.15, 0.2) is 18.2 Å². The van der Waals surface area contributed by atoms with Crippen LogP contribution in [0, 0.1) is 0 Å². The molecule has 2 unspecified atom stereocenters. The fourth-order valence-corrected chi connectivity index (χ4v) is 1.64. The highest BCUT2D eigenvalue weighted by Gasteiger charge is 2.32. The van der Waals surface area contributed by atoms with Gasteiger partial charge < -0.3 is 15.5 Å². The highest BCUT2D eigenvalue weighted by atomic mass is 19.4. The first-order valence-corrected chi connectivity index (χ1v) is 5.48. The molecule has 1 aromatic rings. The smallest absolute Gasteiger partial charge is 0.389 e. The quantitative estimate of drug-likeness (QED) is 0.706. The Morgan fingerprint density at radius 3 is 2.47 bits per heavy atom. The van der Waals surface area contributed by atoms with Crippen molar-refractivity contribution in [3.05, 3.63) is 34.9 Å². The lowest BCUT2D eigenvalue weighted by Gasteiger charge is -2.20. The third kappa shape index (κ3) is 3.76. The Labute approximate surface area is 107 Å². The van der Waals surface area contributed by atoms with Crippen molar-refractivity contribution in [2.75, 3.05) is 13.6 Å². The highest BCUT2D eigenvalue weighted by molar-refractivity contribution is 5.77. The number of likely N-dealkylation sites (N-methyl/N-ethyl adjacent to an activating group) is 1. The number of aliphatic hydroxyl groups excluding tert-OH is 2. The Morgan fingerprint density at radius 1 is 1.37 bits per heavy atom. The first kappa shape index (κ1) is 15.6. The number of carbonyl (C=O) groups excluding carboxylic acids is 1. The molecule has 1 rings (SSSR count). The van der Waals surface area contributed by atoms with E-state index in [-0.39, 0.29) is 17.7 Å². The molecular formula is C12H14F3NO3. The Morgan fingerprint density at radius 2 is 2.00 bits per heavy atom. The first-order valence-electron chi connectivity index (χ1n) is 5.48. The van der Waals surface area contributed by atoms with Crippen molar-refractivity contribution in [1.82, 2.24) is 5.32 Å². The van der Waals surface area contributed by atoms with E-state index in [1.165, 1.54) is 7.05 Å². The van der Waals surface area contributed by atoms with Crippen LogP contribution in [0.4, 0.5) is 13.2 Å². The minimum atomic E-state index is -4.58. The predicted molar refractivity (Wildman–Crippen MR) is 61.7 cm³/mol. The van der Waals surface area contributed by atoms with Gasteiger partial charge in [-0.25, -0.2) is 0 Å². The van der Waals surface area contributed by atoms with Gasteiger partial charge in [-0.1, -0.05) is 6.07 Å². The van der Waals surface area contributed by atoms with E-state index in [1.54, 1.807) is 0 Å². The average molecular weight is 277 g/mol. The number of alkyl halides is 3. The van der Waals surface area contributed by atoms with Gasteiger partial charge in [-0.05, 0) is 24.7 Å². The molecule has 0 aliphatic rings. The molecule has 0 bridgehead atoms. The normalized spacial score (nSPS) is 15.1. The van der Waals surface area contributed by atoms with E-state index in [0.717, 1.165) is 12.1 Å². The molecule has 0 amide bonds. The van der Waals surface area contributed by atoms with Crippen LogP contribution in [0.5, 0.6) is 0 Å². The molecular weight excluding hydrogens is 263 g/mol. The molecule has 0 fully saturated rings. The molecule has 4 nitrogen and oxygen atoms in total. The molecule has 0 spiro atoms. The molecule has 0 aliphatic carbocycles. The molecule has 0 saturated carbocycles. The van der Waals surface area contributed by atoms with E-state index in [2.05, 4.69) is 5.32 Å². The van der Waals surface area contributed by atoms with E-state index >= 15 is 0 Å². The second kappa shape index (κ2) is 6.14. The van der Waals surface area contributed by atoms with Crippen molar-refractivity contribution < 1.29 is 28.2 Å². The summed E-state index contributed by atoms with van der Waals surface area (Å²) in [6.07, 6.45) is -7.13. The van der Waals surface area contributed by atoms with Crippen LogP contribution >= 0.6 is 0 Å². The second-order valence-electron chi connectivity index (χ2n) is 4.03. The number of aliphatic hydroxyl groups is 2. The Balaban J connectivity index is 3.19. The van der Waals surface area contributed by atoms with Gasteiger partial charge in [-0.2, -0.15) is 13.2 Å². The maximum atomic E-state index is 12.6. The summed E-state index contributed by atoms with van der Waals surface area (Å²) in [5.41, 5.74) is -1.31. The SMILES string of the molecule is CNCC(O)C(O)c1cc(C(F)(F)F)ccc1C=O. The zero-order valence-electron chi connectivity index (χ0n) is 10.1. The summed E-state index contributed by atoms with van der Waals surface area (Å²) in [6.45, 7) is -0.0181. The molecule has 1 aromatic carbocycles. The number of halogens is 3. The van der Waals surface area contributed by atoms with Crippen LogP contribution in [0.2, 0.25) is 0 Å². The average Bonchev–Trinajstić information content (AvgIpc) is 2.36. The van der Waals surface area contributed by atoms with Crippen LogP contribution in [0.1, 0.15) is 27.6 Å². The Hall–Kier alpha value is -1.44. The van der Waals surface area contributed by atoms with Crippen LogP contribution in [-0.2, 0) is 6.18 Å².